The van der Waals surface area contributed by atoms with Crippen molar-refractivity contribution < 1.29 is 9.47 Å². The molecule has 0 atom stereocenters. The number of nitrogens with two attached hydrogens (primary N) is 1. The molecule has 21 heavy (non-hydrogen) atoms. The molecule has 0 bridgehead atoms. The Bertz CT molecular complexity index is 594. The fourth-order valence-corrected chi connectivity index (χ4v) is 2.10. The molecule has 0 aliphatic heterocycles. The van der Waals surface area contributed by atoms with E-state index in [1.54, 1.807) is 0 Å². The molecule has 0 radical (unpaired) electrons. The molecule has 0 spiro atoms. The number of hydrogen-bond acceptors (Lipinski definition) is 4. The SMILES string of the molecule is CCCOc1ccc(Oc2nc(C)cc(C)c2CN)cc1. The Balaban J connectivity index is 2.18. The van der Waals surface area contributed by atoms with Crippen LogP contribution in [0, 0.1) is 13.8 Å². The van der Waals surface area contributed by atoms with Crippen molar-refractivity contribution in [2.24, 2.45) is 5.73 Å². The third-order valence-corrected chi connectivity index (χ3v) is 3.15. The van der Waals surface area contributed by atoms with E-state index in [2.05, 4.69) is 11.9 Å². The van der Waals surface area contributed by atoms with Gasteiger partial charge in [0.1, 0.15) is 11.5 Å². The van der Waals surface area contributed by atoms with E-state index < -0.39 is 0 Å². The Morgan fingerprint density at radius 3 is 2.38 bits per heavy atom. The van der Waals surface area contributed by atoms with Gasteiger partial charge in [-0.25, -0.2) is 4.98 Å². The number of benzene rings is 1. The van der Waals surface area contributed by atoms with Gasteiger partial charge in [0.2, 0.25) is 5.88 Å². The van der Waals surface area contributed by atoms with Crippen LogP contribution in [0.2, 0.25) is 0 Å². The molecular weight excluding hydrogens is 264 g/mol. The Hall–Kier alpha value is -2.07. The molecule has 0 saturated heterocycles. The summed E-state index contributed by atoms with van der Waals surface area (Å²) >= 11 is 0. The lowest BCUT2D eigenvalue weighted by molar-refractivity contribution is 0.317. The molecule has 0 saturated carbocycles. The van der Waals surface area contributed by atoms with E-state index in [0.717, 1.165) is 41.3 Å². The minimum Gasteiger partial charge on any atom is -0.494 e. The molecule has 1 aromatic carbocycles. The van der Waals surface area contributed by atoms with E-state index >= 15 is 0 Å². The predicted octanol–water partition coefficient (Wildman–Crippen LogP) is 3.74. The monoisotopic (exact) mass is 286 g/mol. The first kappa shape index (κ1) is 15.3. The lowest BCUT2D eigenvalue weighted by Gasteiger charge is -2.13. The first-order chi connectivity index (χ1) is 10.1. The largest absolute Gasteiger partial charge is 0.494 e. The summed E-state index contributed by atoms with van der Waals surface area (Å²) in [7, 11) is 0. The van der Waals surface area contributed by atoms with Crippen LogP contribution < -0.4 is 15.2 Å². The molecular formula is C17H22N2O2. The quantitative estimate of drug-likeness (QED) is 0.879. The van der Waals surface area contributed by atoms with E-state index in [1.165, 1.54) is 0 Å². The Kier molecular flexibility index (Phi) is 5.17. The van der Waals surface area contributed by atoms with Crippen molar-refractivity contribution in [1.29, 1.82) is 0 Å². The summed E-state index contributed by atoms with van der Waals surface area (Å²) in [6.45, 7) is 7.17. The smallest absolute Gasteiger partial charge is 0.224 e. The average molecular weight is 286 g/mol. The highest BCUT2D eigenvalue weighted by Gasteiger charge is 2.10. The zero-order valence-corrected chi connectivity index (χ0v) is 12.8. The third-order valence-electron chi connectivity index (χ3n) is 3.15. The van der Waals surface area contributed by atoms with Crippen molar-refractivity contribution in [3.8, 4) is 17.4 Å². The lowest BCUT2D eigenvalue weighted by atomic mass is 10.1. The molecule has 1 aromatic heterocycles. The number of rotatable bonds is 6. The van der Waals surface area contributed by atoms with Gasteiger partial charge in [-0.1, -0.05) is 6.92 Å². The van der Waals surface area contributed by atoms with E-state index in [-0.39, 0.29) is 0 Å². The zero-order valence-electron chi connectivity index (χ0n) is 12.8. The standard InChI is InChI=1S/C17H22N2O2/c1-4-9-20-14-5-7-15(8-6-14)21-17-16(11-18)12(2)10-13(3)19-17/h5-8,10H,4,9,11,18H2,1-3H3. The van der Waals surface area contributed by atoms with Gasteiger partial charge < -0.3 is 15.2 Å². The predicted molar refractivity (Wildman–Crippen MR) is 83.9 cm³/mol. The second-order valence-corrected chi connectivity index (χ2v) is 4.99. The van der Waals surface area contributed by atoms with E-state index in [9.17, 15) is 0 Å². The van der Waals surface area contributed by atoms with Crippen molar-refractivity contribution in [3.63, 3.8) is 0 Å². The van der Waals surface area contributed by atoms with Crippen LogP contribution in [0.4, 0.5) is 0 Å². The van der Waals surface area contributed by atoms with Gasteiger partial charge in [0, 0.05) is 17.8 Å². The molecule has 2 aromatic rings. The van der Waals surface area contributed by atoms with Crippen molar-refractivity contribution in [3.05, 3.63) is 47.2 Å². The van der Waals surface area contributed by atoms with Crippen molar-refractivity contribution in [2.45, 2.75) is 33.7 Å². The van der Waals surface area contributed by atoms with E-state index in [4.69, 9.17) is 15.2 Å². The summed E-state index contributed by atoms with van der Waals surface area (Å²) in [4.78, 5) is 4.44. The normalized spacial score (nSPS) is 10.5. The molecule has 0 unspecified atom stereocenters. The maximum Gasteiger partial charge on any atom is 0.224 e. The summed E-state index contributed by atoms with van der Waals surface area (Å²) in [5, 5.41) is 0. The number of hydrogen-bond donors (Lipinski definition) is 1. The van der Waals surface area contributed by atoms with Gasteiger partial charge in [0.05, 0.1) is 6.61 Å². The second kappa shape index (κ2) is 7.09. The minimum absolute atomic E-state index is 0.409. The van der Waals surface area contributed by atoms with Crippen molar-refractivity contribution >= 4 is 0 Å². The summed E-state index contributed by atoms with van der Waals surface area (Å²) in [6.07, 6.45) is 0.991. The van der Waals surface area contributed by atoms with Crippen LogP contribution in [0.15, 0.2) is 30.3 Å². The summed E-state index contributed by atoms with van der Waals surface area (Å²) in [6, 6.07) is 9.57. The number of aromatic nitrogens is 1. The topological polar surface area (TPSA) is 57.4 Å². The number of nitrogens with zero attached hydrogens (tertiary/aromatic N) is 1. The van der Waals surface area contributed by atoms with E-state index in [0.29, 0.717) is 12.4 Å². The molecule has 0 fully saturated rings. The molecule has 4 nitrogen and oxygen atoms in total. The first-order valence-electron chi connectivity index (χ1n) is 7.22. The molecule has 2 N–H and O–H groups in total. The van der Waals surface area contributed by atoms with E-state index in [1.807, 2.05) is 44.2 Å². The van der Waals surface area contributed by atoms with Crippen LogP contribution in [0.3, 0.4) is 0 Å². The van der Waals surface area contributed by atoms with Crippen molar-refractivity contribution in [1.82, 2.24) is 4.98 Å². The van der Waals surface area contributed by atoms with Gasteiger partial charge in [-0.3, -0.25) is 0 Å². The molecule has 4 heteroatoms. The van der Waals surface area contributed by atoms with Crippen LogP contribution in [-0.4, -0.2) is 11.6 Å². The van der Waals surface area contributed by atoms with Gasteiger partial charge >= 0.3 is 0 Å². The van der Waals surface area contributed by atoms with Gasteiger partial charge in [0.25, 0.3) is 0 Å². The van der Waals surface area contributed by atoms with Crippen LogP contribution >= 0.6 is 0 Å². The van der Waals surface area contributed by atoms with Gasteiger partial charge in [-0.15, -0.1) is 0 Å². The Morgan fingerprint density at radius 2 is 1.76 bits per heavy atom. The summed E-state index contributed by atoms with van der Waals surface area (Å²) < 4.78 is 11.4. The van der Waals surface area contributed by atoms with Gasteiger partial charge in [0.15, 0.2) is 0 Å². The number of aryl methyl sites for hydroxylation is 2. The van der Waals surface area contributed by atoms with Gasteiger partial charge in [-0.2, -0.15) is 0 Å². The molecule has 0 amide bonds. The fourth-order valence-electron chi connectivity index (χ4n) is 2.10. The lowest BCUT2D eigenvalue weighted by Crippen LogP contribution is -2.05. The summed E-state index contributed by atoms with van der Waals surface area (Å²) in [5.74, 6) is 2.15. The highest BCUT2D eigenvalue weighted by molar-refractivity contribution is 5.40. The van der Waals surface area contributed by atoms with Crippen molar-refractivity contribution in [2.75, 3.05) is 6.61 Å². The van der Waals surface area contributed by atoms with Crippen LogP contribution in [0.5, 0.6) is 17.4 Å². The third kappa shape index (κ3) is 3.95. The highest BCUT2D eigenvalue weighted by Crippen LogP contribution is 2.27. The number of pyridine rings is 1. The van der Waals surface area contributed by atoms with Crippen LogP contribution in [0.1, 0.15) is 30.2 Å². The fraction of sp³-hybridized carbons (Fsp3) is 0.353. The molecule has 0 aliphatic carbocycles. The zero-order chi connectivity index (χ0) is 15.2. The summed E-state index contributed by atoms with van der Waals surface area (Å²) in [5.41, 5.74) is 8.75. The Morgan fingerprint density at radius 1 is 1.10 bits per heavy atom. The van der Waals surface area contributed by atoms with Gasteiger partial charge in [-0.05, 0) is 56.2 Å². The molecule has 2 rings (SSSR count). The maximum atomic E-state index is 5.87. The molecule has 112 valence electrons. The minimum atomic E-state index is 0.409. The second-order valence-electron chi connectivity index (χ2n) is 4.99. The first-order valence-corrected chi connectivity index (χ1v) is 7.22. The van der Waals surface area contributed by atoms with Crippen LogP contribution in [0.25, 0.3) is 0 Å². The molecule has 1 heterocycles. The van der Waals surface area contributed by atoms with Crippen LogP contribution in [-0.2, 0) is 6.54 Å². The average Bonchev–Trinajstić information content (AvgIpc) is 2.46. The highest BCUT2D eigenvalue weighted by atomic mass is 16.5. The molecule has 0 aliphatic rings. The Labute approximate surface area is 125 Å². The maximum absolute atomic E-state index is 5.87. The number of ether oxygens (including phenoxy) is 2.